The van der Waals surface area contributed by atoms with E-state index in [2.05, 4.69) is 180 Å². The van der Waals surface area contributed by atoms with E-state index in [-0.39, 0.29) is 53.5 Å². The Balaban J connectivity index is 2.35. The van der Waals surface area contributed by atoms with Crippen LogP contribution in [0, 0.1) is 12.0 Å². The molecule has 0 amide bonds. The van der Waals surface area contributed by atoms with Crippen LogP contribution in [0.5, 0.6) is 0 Å². The van der Waals surface area contributed by atoms with E-state index in [1.54, 1.807) is 0 Å². The first-order valence-corrected chi connectivity index (χ1v) is 22.7. The lowest BCUT2D eigenvalue weighted by atomic mass is 9.72. The van der Waals surface area contributed by atoms with Gasteiger partial charge in [0.15, 0.2) is 0 Å². The van der Waals surface area contributed by atoms with Gasteiger partial charge in [-0.05, 0) is 90.1 Å². The summed E-state index contributed by atoms with van der Waals surface area (Å²) in [6.45, 7) is 48.5. The Bertz CT molecular complexity index is 1700. The van der Waals surface area contributed by atoms with Gasteiger partial charge in [-0.3, -0.25) is 0 Å². The minimum Gasteiger partial charge on any atom is -0.201 e. The molecule has 0 N–H and O–H groups in total. The maximum Gasteiger partial charge on any atom is 0.311 e. The highest BCUT2D eigenvalue weighted by atomic mass is 35.5. The fourth-order valence-electron chi connectivity index (χ4n) is 7.75. The van der Waals surface area contributed by atoms with Crippen molar-refractivity contribution in [1.29, 1.82) is 0 Å². The minimum absolute atomic E-state index is 0.00315. The monoisotopic (exact) mass is 784 g/mol. The number of rotatable bonds is 3. The second-order valence-corrected chi connectivity index (χ2v) is 29.3. The molecule has 7 heteroatoms. The molecule has 0 saturated carbocycles. The summed E-state index contributed by atoms with van der Waals surface area (Å²) in [7, 11) is -2.27. The van der Waals surface area contributed by atoms with Crippen molar-refractivity contribution in [2.45, 2.75) is 194 Å². The number of hydrogen-bond donors (Lipinski definition) is 0. The minimum atomic E-state index is -1.39. The van der Waals surface area contributed by atoms with Gasteiger partial charge in [-0.2, -0.15) is 13.8 Å². The van der Waals surface area contributed by atoms with Gasteiger partial charge in [0, 0.05) is 10.8 Å². The van der Waals surface area contributed by atoms with Crippen LogP contribution in [0.4, 0.5) is 8.78 Å². The molecule has 3 aromatic rings. The van der Waals surface area contributed by atoms with Gasteiger partial charge in [0.2, 0.25) is 5.95 Å². The quantitative estimate of drug-likeness (QED) is 0.150. The van der Waals surface area contributed by atoms with Gasteiger partial charge in [0.1, 0.15) is 5.02 Å². The number of aromatic nitrogens is 2. The average molecular weight is 785 g/mol. The van der Waals surface area contributed by atoms with E-state index in [4.69, 9.17) is 11.6 Å². The maximum absolute atomic E-state index is 15.7. The Morgan fingerprint density at radius 1 is 0.491 bits per heavy atom. The molecular formula is C46H69ClF2N2P2. The third-order valence-electron chi connectivity index (χ3n) is 10.7. The molecule has 2 heterocycles. The van der Waals surface area contributed by atoms with Crippen LogP contribution in [0.1, 0.15) is 201 Å². The summed E-state index contributed by atoms with van der Waals surface area (Å²) in [5.41, 5.74) is 9.92. The molecule has 0 spiro atoms. The van der Waals surface area contributed by atoms with Crippen molar-refractivity contribution in [1.82, 2.24) is 9.97 Å². The van der Waals surface area contributed by atoms with Crippen LogP contribution in [0.3, 0.4) is 0 Å². The molecule has 2 atom stereocenters. The molecule has 2 aromatic carbocycles. The zero-order chi connectivity index (χ0) is 41.0. The zero-order valence-corrected chi connectivity index (χ0v) is 39.4. The Kier molecular flexibility index (Phi) is 11.6. The van der Waals surface area contributed by atoms with Gasteiger partial charge in [0.25, 0.3) is 0 Å². The van der Waals surface area contributed by atoms with Gasteiger partial charge in [-0.1, -0.05) is 189 Å². The van der Waals surface area contributed by atoms with Crippen molar-refractivity contribution in [3.05, 3.63) is 85.8 Å². The molecule has 294 valence electrons. The Morgan fingerprint density at radius 3 is 1.04 bits per heavy atom. The van der Waals surface area contributed by atoms with Crippen molar-refractivity contribution in [3.63, 3.8) is 0 Å². The van der Waals surface area contributed by atoms with Crippen LogP contribution in [-0.4, -0.2) is 15.1 Å². The van der Waals surface area contributed by atoms with Gasteiger partial charge in [-0.25, -0.2) is 4.98 Å². The third-order valence-corrected chi connectivity index (χ3v) is 19.6. The molecule has 1 aromatic heterocycles. The van der Waals surface area contributed by atoms with E-state index in [1.807, 2.05) is 0 Å². The normalized spacial score (nSPS) is 20.8. The van der Waals surface area contributed by atoms with Gasteiger partial charge >= 0.3 is 6.08 Å². The molecule has 1 aliphatic heterocycles. The van der Waals surface area contributed by atoms with E-state index in [0.29, 0.717) is 5.44 Å². The van der Waals surface area contributed by atoms with Crippen LogP contribution in [0.15, 0.2) is 24.3 Å². The summed E-state index contributed by atoms with van der Waals surface area (Å²) in [4.78, 5) is 7.98. The van der Waals surface area contributed by atoms with E-state index in [1.165, 1.54) is 44.5 Å². The SMILES string of the molecule is CC(C)(C)c1cc(C(C)(C)C)c(C2P(c3nc(F)nc(F)c3Cl)C(c3c(C(C)(C)C)cc(C(C)(C)C)cc3C(C)(C)C)P2C(C)(C)C)c(C(C)(C)C)c1. The summed E-state index contributed by atoms with van der Waals surface area (Å²) in [6, 6.07) is 9.74. The average Bonchev–Trinajstić information content (AvgIpc) is 2.90. The first-order chi connectivity index (χ1) is 23.5. The van der Waals surface area contributed by atoms with Crippen molar-refractivity contribution >= 4 is 32.9 Å². The maximum atomic E-state index is 15.7. The molecule has 0 bridgehead atoms. The highest BCUT2D eigenvalue weighted by Crippen LogP contribution is 2.97. The molecular weight excluding hydrogens is 716 g/mol. The van der Waals surface area contributed by atoms with E-state index >= 15 is 8.78 Å². The fourth-order valence-corrected chi connectivity index (χ4v) is 18.8. The lowest BCUT2D eigenvalue weighted by molar-refractivity contribution is 0.486. The lowest BCUT2D eigenvalue weighted by Gasteiger charge is -2.61. The number of hydrogen-bond acceptors (Lipinski definition) is 2. The van der Waals surface area contributed by atoms with Crippen molar-refractivity contribution in [2.24, 2.45) is 0 Å². The molecule has 2 nitrogen and oxygen atoms in total. The zero-order valence-electron chi connectivity index (χ0n) is 36.9. The first-order valence-electron chi connectivity index (χ1n) is 19.3. The predicted octanol–water partition coefficient (Wildman–Crippen LogP) is 15.0. The molecule has 0 aliphatic carbocycles. The smallest absolute Gasteiger partial charge is 0.201 e. The standard InChI is InChI=1S/C46H69ClF2N2P2/c1-40(2,3)26-22-28(42(7,8)9)32(29(23-26)43(10,11)12)37-52(36-34(47)35(48)50-39(49)51-36)38(53(37)46(19,20)21)33-30(44(13,14)15)24-27(41(4,5)6)25-31(33)45(16,17)18/h22-25,37-38H,1-21H3. The van der Waals surface area contributed by atoms with Crippen LogP contribution < -0.4 is 5.44 Å². The number of nitrogens with zero attached hydrogens (tertiary/aromatic N) is 2. The summed E-state index contributed by atoms with van der Waals surface area (Å²) in [5, 5.41) is -0.272. The van der Waals surface area contributed by atoms with E-state index < -0.39 is 27.9 Å². The molecule has 1 fully saturated rings. The second kappa shape index (κ2) is 13.9. The van der Waals surface area contributed by atoms with Crippen LogP contribution in [0.2, 0.25) is 5.02 Å². The summed E-state index contributed by atoms with van der Waals surface area (Å²) < 4.78 is 31.1. The van der Waals surface area contributed by atoms with Gasteiger partial charge < -0.3 is 0 Å². The topological polar surface area (TPSA) is 25.8 Å². The van der Waals surface area contributed by atoms with Crippen LogP contribution in [-0.2, 0) is 32.5 Å². The first kappa shape index (κ1) is 44.2. The van der Waals surface area contributed by atoms with E-state index in [0.717, 1.165) is 0 Å². The Morgan fingerprint density at radius 2 is 0.792 bits per heavy atom. The van der Waals surface area contributed by atoms with Crippen molar-refractivity contribution in [3.8, 4) is 0 Å². The van der Waals surface area contributed by atoms with Crippen molar-refractivity contribution < 1.29 is 8.78 Å². The van der Waals surface area contributed by atoms with Crippen molar-refractivity contribution in [2.75, 3.05) is 0 Å². The van der Waals surface area contributed by atoms with Gasteiger partial charge in [-0.15, -0.1) is 0 Å². The highest BCUT2D eigenvalue weighted by molar-refractivity contribution is 7.95. The molecule has 0 radical (unpaired) electrons. The molecule has 53 heavy (non-hydrogen) atoms. The number of benzene rings is 2. The summed E-state index contributed by atoms with van der Waals surface area (Å²) >= 11 is 6.99. The molecule has 4 rings (SSSR count). The third kappa shape index (κ3) is 8.76. The molecule has 2 unspecified atom stereocenters. The second-order valence-electron chi connectivity index (χ2n) is 22.6. The lowest BCUT2D eigenvalue weighted by Crippen LogP contribution is -2.37. The summed E-state index contributed by atoms with van der Waals surface area (Å²) in [6.07, 6.45) is -1.06. The van der Waals surface area contributed by atoms with Gasteiger partial charge in [0.05, 0.1) is 5.44 Å². The molecule has 1 saturated heterocycles. The molecule has 1 aliphatic rings. The Labute approximate surface area is 330 Å². The van der Waals surface area contributed by atoms with Crippen LogP contribution in [0.25, 0.3) is 0 Å². The number of halogens is 3. The highest BCUT2D eigenvalue weighted by Gasteiger charge is 2.60. The Hall–Kier alpha value is -1.47. The fraction of sp³-hybridized carbons (Fsp3) is 0.652. The summed E-state index contributed by atoms with van der Waals surface area (Å²) in [5.74, 6) is -0.980. The van der Waals surface area contributed by atoms with Crippen LogP contribution >= 0.6 is 27.4 Å². The largest absolute Gasteiger partial charge is 0.311 e. The van der Waals surface area contributed by atoms with E-state index in [9.17, 15) is 0 Å². The predicted molar refractivity (Wildman–Crippen MR) is 231 cm³/mol.